The van der Waals surface area contributed by atoms with Crippen molar-refractivity contribution >= 4 is 27.3 Å². The summed E-state index contributed by atoms with van der Waals surface area (Å²) in [6.45, 7) is 3.27. The molecule has 0 fully saturated rings. The second-order valence-corrected chi connectivity index (χ2v) is 9.23. The lowest BCUT2D eigenvalue weighted by Gasteiger charge is -2.15. The summed E-state index contributed by atoms with van der Waals surface area (Å²) in [5, 5.41) is 3.14. The molecule has 30 heavy (non-hydrogen) atoms. The first-order chi connectivity index (χ1) is 14.2. The summed E-state index contributed by atoms with van der Waals surface area (Å²) in [5.74, 6) is -0.386. The molecule has 3 rings (SSSR count). The molecule has 0 unspecified atom stereocenters. The van der Waals surface area contributed by atoms with Crippen LogP contribution in [0.25, 0.3) is 0 Å². The molecule has 0 saturated heterocycles. The van der Waals surface area contributed by atoms with Crippen molar-refractivity contribution in [2.45, 2.75) is 36.7 Å². The maximum Gasteiger partial charge on any atom is 0.270 e. The molecule has 0 saturated carbocycles. The van der Waals surface area contributed by atoms with E-state index in [2.05, 4.69) is 5.32 Å². The number of hydrogen-bond acceptors (Lipinski definition) is 4. The number of amides is 1. The molecule has 0 spiro atoms. The minimum atomic E-state index is -4.07. The van der Waals surface area contributed by atoms with Crippen LogP contribution in [0.1, 0.15) is 16.8 Å². The van der Waals surface area contributed by atoms with Crippen molar-refractivity contribution in [3.63, 3.8) is 0 Å². The summed E-state index contributed by atoms with van der Waals surface area (Å²) in [7, 11) is -4.07. The van der Waals surface area contributed by atoms with Crippen LogP contribution < -0.4 is 10.9 Å². The molecule has 2 aromatic carbocycles. The van der Waals surface area contributed by atoms with E-state index in [0.29, 0.717) is 22.8 Å². The Labute approximate surface area is 180 Å². The third-order valence-corrected chi connectivity index (χ3v) is 6.85. The van der Waals surface area contributed by atoms with Crippen molar-refractivity contribution in [3.05, 3.63) is 92.9 Å². The number of halogens is 1. The fraction of sp³-hybridized carbons (Fsp3) is 0.182. The number of carbonyl (C=O) groups excluding carboxylic acids is 1. The molecule has 0 aliphatic carbocycles. The summed E-state index contributed by atoms with van der Waals surface area (Å²) in [6.07, 6.45) is 0. The molecule has 0 aliphatic rings. The average molecular weight is 445 g/mol. The Balaban J connectivity index is 1.92. The molecule has 1 N–H and O–H groups in total. The van der Waals surface area contributed by atoms with Gasteiger partial charge in [0.15, 0.2) is 0 Å². The van der Waals surface area contributed by atoms with E-state index in [4.69, 9.17) is 11.6 Å². The Kier molecular flexibility index (Phi) is 6.43. The van der Waals surface area contributed by atoms with Crippen molar-refractivity contribution in [2.24, 2.45) is 0 Å². The van der Waals surface area contributed by atoms with Crippen molar-refractivity contribution in [1.82, 2.24) is 9.88 Å². The zero-order chi connectivity index (χ0) is 21.9. The number of aromatic nitrogens is 1. The minimum absolute atomic E-state index is 0.0315. The first-order valence-electron chi connectivity index (χ1n) is 9.22. The van der Waals surface area contributed by atoms with Crippen LogP contribution in [0.15, 0.2) is 75.2 Å². The van der Waals surface area contributed by atoms with E-state index >= 15 is 0 Å². The van der Waals surface area contributed by atoms with E-state index < -0.39 is 15.4 Å². The van der Waals surface area contributed by atoms with Gasteiger partial charge < -0.3 is 9.88 Å². The smallest absolute Gasteiger partial charge is 0.270 e. The summed E-state index contributed by atoms with van der Waals surface area (Å²) in [5.41, 5.74) is 1.03. The van der Waals surface area contributed by atoms with Gasteiger partial charge >= 0.3 is 0 Å². The molecule has 8 heteroatoms. The highest BCUT2D eigenvalue weighted by molar-refractivity contribution is 7.91. The van der Waals surface area contributed by atoms with Crippen molar-refractivity contribution in [1.29, 1.82) is 0 Å². The highest BCUT2D eigenvalue weighted by Crippen LogP contribution is 2.23. The number of benzene rings is 2. The third kappa shape index (κ3) is 4.63. The van der Waals surface area contributed by atoms with Crippen LogP contribution in [0.4, 0.5) is 0 Å². The lowest BCUT2D eigenvalue weighted by Crippen LogP contribution is -2.35. The molecule has 1 heterocycles. The Morgan fingerprint density at radius 1 is 1.03 bits per heavy atom. The Morgan fingerprint density at radius 2 is 1.67 bits per heavy atom. The van der Waals surface area contributed by atoms with Gasteiger partial charge in [-0.3, -0.25) is 9.59 Å². The second kappa shape index (κ2) is 8.85. The van der Waals surface area contributed by atoms with E-state index in [1.807, 2.05) is 30.3 Å². The van der Waals surface area contributed by atoms with Crippen molar-refractivity contribution in [3.8, 4) is 0 Å². The quantitative estimate of drug-likeness (QED) is 0.632. The summed E-state index contributed by atoms with van der Waals surface area (Å²) < 4.78 is 27.4. The number of pyridine rings is 1. The number of aryl methyl sites for hydroxylation is 2. The van der Waals surface area contributed by atoms with Crippen LogP contribution in [-0.4, -0.2) is 18.9 Å². The molecular weight excluding hydrogens is 424 g/mol. The fourth-order valence-electron chi connectivity index (χ4n) is 3.16. The highest BCUT2D eigenvalue weighted by Gasteiger charge is 2.26. The van der Waals surface area contributed by atoms with E-state index in [1.165, 1.54) is 28.8 Å². The topological polar surface area (TPSA) is 85.2 Å². The van der Waals surface area contributed by atoms with Gasteiger partial charge in [0, 0.05) is 17.3 Å². The van der Waals surface area contributed by atoms with Gasteiger partial charge in [-0.2, -0.15) is 0 Å². The van der Waals surface area contributed by atoms with Gasteiger partial charge in [-0.15, -0.1) is 0 Å². The van der Waals surface area contributed by atoms with Gasteiger partial charge in [0.05, 0.1) is 4.90 Å². The molecule has 0 atom stereocenters. The first-order valence-corrected chi connectivity index (χ1v) is 11.1. The number of hydrogen-bond donors (Lipinski definition) is 1. The molecule has 0 radical (unpaired) electrons. The van der Waals surface area contributed by atoms with E-state index in [1.54, 1.807) is 19.9 Å². The predicted molar refractivity (Wildman–Crippen MR) is 115 cm³/mol. The van der Waals surface area contributed by atoms with Gasteiger partial charge in [-0.25, -0.2) is 8.42 Å². The summed E-state index contributed by atoms with van der Waals surface area (Å²) in [4.78, 5) is 25.1. The van der Waals surface area contributed by atoms with E-state index in [-0.39, 0.29) is 22.2 Å². The maximum absolute atomic E-state index is 13.1. The second-order valence-electron chi connectivity index (χ2n) is 6.91. The lowest BCUT2D eigenvalue weighted by molar-refractivity contribution is -0.121. The predicted octanol–water partition coefficient (Wildman–Crippen LogP) is 3.27. The van der Waals surface area contributed by atoms with Crippen LogP contribution >= 0.6 is 11.6 Å². The monoisotopic (exact) mass is 444 g/mol. The Morgan fingerprint density at radius 3 is 2.30 bits per heavy atom. The van der Waals surface area contributed by atoms with Crippen LogP contribution in [0.5, 0.6) is 0 Å². The van der Waals surface area contributed by atoms with Gasteiger partial charge in [-0.05, 0) is 55.3 Å². The van der Waals surface area contributed by atoms with Crippen LogP contribution in [0.2, 0.25) is 5.02 Å². The Bertz CT molecular complexity index is 1230. The molecule has 1 amide bonds. The summed E-state index contributed by atoms with van der Waals surface area (Å²) in [6, 6.07) is 16.6. The van der Waals surface area contributed by atoms with Crippen molar-refractivity contribution < 1.29 is 13.2 Å². The Hall–Kier alpha value is -2.90. The van der Waals surface area contributed by atoms with Crippen LogP contribution in [0.3, 0.4) is 0 Å². The zero-order valence-corrected chi connectivity index (χ0v) is 18.1. The van der Waals surface area contributed by atoms with Gasteiger partial charge in [0.25, 0.3) is 5.56 Å². The van der Waals surface area contributed by atoms with E-state index in [0.717, 1.165) is 5.56 Å². The number of nitrogens with zero attached hydrogens (tertiary/aromatic N) is 1. The number of nitrogens with one attached hydrogen (secondary N) is 1. The average Bonchev–Trinajstić information content (AvgIpc) is 2.70. The lowest BCUT2D eigenvalue weighted by atomic mass is 10.2. The fourth-order valence-corrected chi connectivity index (χ4v) is 4.84. The molecule has 3 aromatic rings. The highest BCUT2D eigenvalue weighted by atomic mass is 35.5. The van der Waals surface area contributed by atoms with E-state index in [9.17, 15) is 18.0 Å². The maximum atomic E-state index is 13.1. The number of rotatable bonds is 6. The van der Waals surface area contributed by atoms with Gasteiger partial charge in [0.1, 0.15) is 11.4 Å². The number of sulfone groups is 1. The van der Waals surface area contributed by atoms with Gasteiger partial charge in [0.2, 0.25) is 15.7 Å². The van der Waals surface area contributed by atoms with Crippen molar-refractivity contribution in [2.75, 3.05) is 0 Å². The molecule has 156 valence electrons. The molecule has 6 nitrogen and oxygen atoms in total. The molecule has 0 bridgehead atoms. The summed E-state index contributed by atoms with van der Waals surface area (Å²) >= 11 is 5.84. The standard InChI is InChI=1S/C22H21ClN2O4S/c1-15-12-16(2)25(14-20(26)24-13-17-6-4-3-5-7-17)22(27)21(15)30(28,29)19-10-8-18(23)9-11-19/h3-12H,13-14H2,1-2H3,(H,24,26). The minimum Gasteiger partial charge on any atom is -0.350 e. The van der Waals surface area contributed by atoms with Crippen LogP contribution in [0, 0.1) is 13.8 Å². The third-order valence-electron chi connectivity index (χ3n) is 4.68. The molecule has 1 aromatic heterocycles. The largest absolute Gasteiger partial charge is 0.350 e. The van der Waals surface area contributed by atoms with Gasteiger partial charge in [-0.1, -0.05) is 41.9 Å². The number of carbonyl (C=O) groups is 1. The SMILES string of the molecule is Cc1cc(C)n(CC(=O)NCc2ccccc2)c(=O)c1S(=O)(=O)c1ccc(Cl)cc1. The molecular formula is C22H21ClN2O4S. The molecule has 0 aliphatic heterocycles. The normalized spacial score (nSPS) is 11.3. The van der Waals surface area contributed by atoms with Crippen LogP contribution in [-0.2, 0) is 27.7 Å². The zero-order valence-electron chi connectivity index (χ0n) is 16.6. The first kappa shape index (κ1) is 21.8.